The molecule has 3 rings (SSSR count). The summed E-state index contributed by atoms with van der Waals surface area (Å²) >= 11 is 3.44. The van der Waals surface area contributed by atoms with Crippen LogP contribution < -0.4 is 20.2 Å². The fourth-order valence-corrected chi connectivity index (χ4v) is 3.41. The van der Waals surface area contributed by atoms with Gasteiger partial charge in [0.2, 0.25) is 0 Å². The highest BCUT2D eigenvalue weighted by atomic mass is 79.9. The van der Waals surface area contributed by atoms with Gasteiger partial charge >= 0.3 is 0 Å². The second-order valence-corrected chi connectivity index (χ2v) is 7.66. The Hall–Kier alpha value is -3.65. The van der Waals surface area contributed by atoms with Gasteiger partial charge in [0, 0.05) is 11.3 Å². The van der Waals surface area contributed by atoms with Gasteiger partial charge in [-0.25, -0.2) is 5.43 Å². The second-order valence-electron chi connectivity index (χ2n) is 6.81. The van der Waals surface area contributed by atoms with E-state index in [1.54, 1.807) is 36.4 Å². The van der Waals surface area contributed by atoms with Crippen LogP contribution in [0.4, 0.5) is 5.69 Å². The molecule has 7 nitrogen and oxygen atoms in total. The third-order valence-electron chi connectivity index (χ3n) is 4.32. The minimum Gasteiger partial charge on any atom is -0.493 e. The van der Waals surface area contributed by atoms with E-state index in [1.807, 2.05) is 37.3 Å². The van der Waals surface area contributed by atoms with Crippen molar-refractivity contribution in [3.8, 4) is 11.5 Å². The van der Waals surface area contributed by atoms with Crippen molar-refractivity contribution in [3.05, 3.63) is 87.9 Å². The molecule has 0 saturated carbocycles. The highest BCUT2D eigenvalue weighted by Crippen LogP contribution is 2.36. The van der Waals surface area contributed by atoms with Gasteiger partial charge in [0.15, 0.2) is 18.1 Å². The van der Waals surface area contributed by atoms with Crippen LogP contribution in [0.3, 0.4) is 0 Å². The van der Waals surface area contributed by atoms with Gasteiger partial charge in [0.05, 0.1) is 17.8 Å². The Labute approximate surface area is 194 Å². The normalized spacial score (nSPS) is 10.6. The number of nitrogens with zero attached hydrogens (tertiary/aromatic N) is 1. The number of carbonyl (C=O) groups is 2. The van der Waals surface area contributed by atoms with E-state index in [4.69, 9.17) is 9.47 Å². The molecule has 0 aliphatic carbocycles. The summed E-state index contributed by atoms with van der Waals surface area (Å²) in [4.78, 5) is 24.3. The molecule has 0 fully saturated rings. The topological polar surface area (TPSA) is 89.0 Å². The van der Waals surface area contributed by atoms with E-state index in [1.165, 1.54) is 13.3 Å². The van der Waals surface area contributed by atoms with Crippen molar-refractivity contribution in [3.63, 3.8) is 0 Å². The zero-order valence-corrected chi connectivity index (χ0v) is 19.2. The lowest BCUT2D eigenvalue weighted by Gasteiger charge is -2.13. The summed E-state index contributed by atoms with van der Waals surface area (Å²) in [5.41, 5.74) is 5.40. The van der Waals surface area contributed by atoms with E-state index in [9.17, 15) is 9.59 Å². The Morgan fingerprint density at radius 1 is 1.06 bits per heavy atom. The summed E-state index contributed by atoms with van der Waals surface area (Å²) in [6.07, 6.45) is 1.49. The standard InChI is InChI=1S/C24H22BrN3O4/c1-16-7-6-10-19(11-16)27-22(29)15-32-23-20(25)12-17(13-21(23)31-2)14-26-28-24(30)18-8-4-3-5-9-18/h3-14H,15H2,1-2H3,(H,27,29)(H,28,30)/b26-14+. The largest absolute Gasteiger partial charge is 0.493 e. The zero-order chi connectivity index (χ0) is 22.9. The number of amides is 2. The van der Waals surface area contributed by atoms with Crippen LogP contribution in [0.1, 0.15) is 21.5 Å². The lowest BCUT2D eigenvalue weighted by Crippen LogP contribution is -2.20. The number of hydrazone groups is 1. The third kappa shape index (κ3) is 6.42. The predicted molar refractivity (Wildman–Crippen MR) is 127 cm³/mol. The molecule has 0 atom stereocenters. The monoisotopic (exact) mass is 495 g/mol. The van der Waals surface area contributed by atoms with Gasteiger partial charge in [-0.2, -0.15) is 5.10 Å². The number of methoxy groups -OCH3 is 1. The van der Waals surface area contributed by atoms with Crippen LogP contribution in [-0.2, 0) is 4.79 Å². The fourth-order valence-electron chi connectivity index (χ4n) is 2.83. The first kappa shape index (κ1) is 23.0. The summed E-state index contributed by atoms with van der Waals surface area (Å²) < 4.78 is 11.7. The zero-order valence-electron chi connectivity index (χ0n) is 17.6. The maximum Gasteiger partial charge on any atom is 0.271 e. The molecule has 0 saturated heterocycles. The highest BCUT2D eigenvalue weighted by molar-refractivity contribution is 9.10. The molecule has 0 radical (unpaired) electrons. The Bertz CT molecular complexity index is 1130. The number of anilines is 1. The van der Waals surface area contributed by atoms with Gasteiger partial charge < -0.3 is 14.8 Å². The quantitative estimate of drug-likeness (QED) is 0.354. The second kappa shape index (κ2) is 11.1. The van der Waals surface area contributed by atoms with Gasteiger partial charge in [-0.05, 0) is 70.4 Å². The molecule has 0 bridgehead atoms. The van der Waals surface area contributed by atoms with Crippen LogP contribution >= 0.6 is 15.9 Å². The third-order valence-corrected chi connectivity index (χ3v) is 4.91. The summed E-state index contributed by atoms with van der Waals surface area (Å²) in [6.45, 7) is 1.76. The van der Waals surface area contributed by atoms with Gasteiger partial charge in [-0.3, -0.25) is 9.59 Å². The molecule has 0 aliphatic rings. The average molecular weight is 496 g/mol. The van der Waals surface area contributed by atoms with Crippen molar-refractivity contribution < 1.29 is 19.1 Å². The molecule has 0 heterocycles. The summed E-state index contributed by atoms with van der Waals surface area (Å²) in [5, 5.41) is 6.78. The molecule has 164 valence electrons. The number of hydrogen-bond acceptors (Lipinski definition) is 5. The highest BCUT2D eigenvalue weighted by Gasteiger charge is 2.13. The van der Waals surface area contributed by atoms with Crippen LogP contribution in [0.5, 0.6) is 11.5 Å². The fraction of sp³-hybridized carbons (Fsp3) is 0.125. The SMILES string of the molecule is COc1cc(/C=N/NC(=O)c2ccccc2)cc(Br)c1OCC(=O)Nc1cccc(C)c1. The number of benzene rings is 3. The molecule has 0 aliphatic heterocycles. The Kier molecular flexibility index (Phi) is 7.99. The van der Waals surface area contributed by atoms with Gasteiger partial charge in [0.1, 0.15) is 0 Å². The Balaban J connectivity index is 1.63. The summed E-state index contributed by atoms with van der Waals surface area (Å²) in [7, 11) is 1.50. The summed E-state index contributed by atoms with van der Waals surface area (Å²) in [6, 6.07) is 19.7. The van der Waals surface area contributed by atoms with Crippen LogP contribution in [0.15, 0.2) is 76.3 Å². The van der Waals surface area contributed by atoms with Gasteiger partial charge in [-0.15, -0.1) is 0 Å². The smallest absolute Gasteiger partial charge is 0.271 e. The number of ether oxygens (including phenoxy) is 2. The maximum absolute atomic E-state index is 12.2. The van der Waals surface area contributed by atoms with E-state index in [2.05, 4.69) is 31.8 Å². The molecule has 0 aromatic heterocycles. The van der Waals surface area contributed by atoms with E-state index in [0.29, 0.717) is 32.8 Å². The number of carbonyl (C=O) groups excluding carboxylic acids is 2. The molecule has 2 N–H and O–H groups in total. The van der Waals surface area contributed by atoms with Crippen molar-refractivity contribution in [2.24, 2.45) is 5.10 Å². The number of rotatable bonds is 8. The molecule has 3 aromatic carbocycles. The molecule has 0 unspecified atom stereocenters. The van der Waals surface area contributed by atoms with Crippen molar-refractivity contribution >= 4 is 39.6 Å². The van der Waals surface area contributed by atoms with Crippen LogP contribution in [-0.4, -0.2) is 31.7 Å². The minimum absolute atomic E-state index is 0.191. The number of halogens is 1. The summed E-state index contributed by atoms with van der Waals surface area (Å²) in [5.74, 6) is 0.196. The molecule has 32 heavy (non-hydrogen) atoms. The molecule has 8 heteroatoms. The van der Waals surface area contributed by atoms with Gasteiger partial charge in [0.25, 0.3) is 11.8 Å². The molecule has 3 aromatic rings. The molecule has 0 spiro atoms. The van der Waals surface area contributed by atoms with Crippen molar-refractivity contribution in [1.82, 2.24) is 5.43 Å². The lowest BCUT2D eigenvalue weighted by atomic mass is 10.2. The predicted octanol–water partition coefficient (Wildman–Crippen LogP) is 4.55. The van der Waals surface area contributed by atoms with E-state index >= 15 is 0 Å². The number of hydrogen-bond donors (Lipinski definition) is 2. The lowest BCUT2D eigenvalue weighted by molar-refractivity contribution is -0.118. The van der Waals surface area contributed by atoms with Crippen LogP contribution in [0, 0.1) is 6.92 Å². The molecular formula is C24H22BrN3O4. The minimum atomic E-state index is -0.313. The molecular weight excluding hydrogens is 474 g/mol. The van der Waals surface area contributed by atoms with E-state index in [0.717, 1.165) is 5.56 Å². The molecule has 2 amide bonds. The first-order valence-electron chi connectivity index (χ1n) is 9.71. The average Bonchev–Trinajstić information content (AvgIpc) is 2.78. The number of nitrogens with one attached hydrogen (secondary N) is 2. The first-order chi connectivity index (χ1) is 15.5. The van der Waals surface area contributed by atoms with Crippen LogP contribution in [0.2, 0.25) is 0 Å². The van der Waals surface area contributed by atoms with E-state index in [-0.39, 0.29) is 18.4 Å². The number of aryl methyl sites for hydroxylation is 1. The Morgan fingerprint density at radius 2 is 1.84 bits per heavy atom. The van der Waals surface area contributed by atoms with Crippen molar-refractivity contribution in [2.75, 3.05) is 19.0 Å². The Morgan fingerprint density at radius 3 is 2.56 bits per heavy atom. The van der Waals surface area contributed by atoms with Crippen molar-refractivity contribution in [2.45, 2.75) is 6.92 Å². The first-order valence-corrected chi connectivity index (χ1v) is 10.5. The van der Waals surface area contributed by atoms with Crippen molar-refractivity contribution in [1.29, 1.82) is 0 Å². The van der Waals surface area contributed by atoms with Gasteiger partial charge in [-0.1, -0.05) is 30.3 Å². The maximum atomic E-state index is 12.2. The van der Waals surface area contributed by atoms with Crippen LogP contribution in [0.25, 0.3) is 0 Å². The van der Waals surface area contributed by atoms with E-state index < -0.39 is 0 Å².